The molecule has 1 aromatic heterocycles. The molecule has 5 heteroatoms. The van der Waals surface area contributed by atoms with E-state index in [-0.39, 0.29) is 0 Å². The molecule has 0 aliphatic rings. The van der Waals surface area contributed by atoms with Gasteiger partial charge in [-0.2, -0.15) is 0 Å². The Labute approximate surface area is 112 Å². The molecule has 0 amide bonds. The Bertz CT molecular complexity index is 588. The first kappa shape index (κ1) is 13.8. The quantitative estimate of drug-likeness (QED) is 0.829. The highest BCUT2D eigenvalue weighted by molar-refractivity contribution is 5.72. The van der Waals surface area contributed by atoms with E-state index in [0.717, 1.165) is 37.1 Å². The number of H-pyrrole nitrogens is 1. The van der Waals surface area contributed by atoms with Gasteiger partial charge in [-0.05, 0) is 43.6 Å². The molecular formula is C14H21N3O2. The maximum Gasteiger partial charge on any atom is 0.417 e. The van der Waals surface area contributed by atoms with Crippen molar-refractivity contribution in [3.8, 4) is 0 Å². The first-order valence-corrected chi connectivity index (χ1v) is 6.59. The number of nitrogens with zero attached hydrogens (tertiary/aromatic N) is 1. The monoisotopic (exact) mass is 263 g/mol. The van der Waals surface area contributed by atoms with Crippen LogP contribution in [0.1, 0.15) is 18.9 Å². The van der Waals surface area contributed by atoms with Gasteiger partial charge in [-0.25, -0.2) is 4.79 Å². The Balaban J connectivity index is 2.02. The van der Waals surface area contributed by atoms with Crippen molar-refractivity contribution in [1.82, 2.24) is 9.88 Å². The SMILES string of the molecule is CC(CCN)CN(C)Cc1ccc2[nH]c(=O)oc2c1. The van der Waals surface area contributed by atoms with Crippen molar-refractivity contribution in [2.24, 2.45) is 11.7 Å². The third-order valence-corrected chi connectivity index (χ3v) is 3.22. The second kappa shape index (κ2) is 6.04. The van der Waals surface area contributed by atoms with Crippen LogP contribution in [-0.2, 0) is 6.54 Å². The second-order valence-corrected chi connectivity index (χ2v) is 5.22. The number of nitrogens with two attached hydrogens (primary N) is 1. The minimum atomic E-state index is -0.405. The molecule has 0 fully saturated rings. The van der Waals surface area contributed by atoms with E-state index in [1.54, 1.807) is 0 Å². The van der Waals surface area contributed by atoms with Crippen LogP contribution in [-0.4, -0.2) is 30.0 Å². The van der Waals surface area contributed by atoms with Gasteiger partial charge in [-0.1, -0.05) is 13.0 Å². The molecule has 2 rings (SSSR count). The molecule has 0 radical (unpaired) electrons. The van der Waals surface area contributed by atoms with Crippen LogP contribution in [0.2, 0.25) is 0 Å². The van der Waals surface area contributed by atoms with Crippen molar-refractivity contribution < 1.29 is 4.42 Å². The first-order chi connectivity index (χ1) is 9.08. The number of fused-ring (bicyclic) bond motifs is 1. The minimum Gasteiger partial charge on any atom is -0.408 e. The fourth-order valence-electron chi connectivity index (χ4n) is 2.37. The van der Waals surface area contributed by atoms with Crippen LogP contribution in [0.15, 0.2) is 27.4 Å². The Morgan fingerprint density at radius 1 is 1.47 bits per heavy atom. The van der Waals surface area contributed by atoms with Gasteiger partial charge < -0.3 is 15.1 Å². The lowest BCUT2D eigenvalue weighted by Crippen LogP contribution is -2.25. The fourth-order valence-corrected chi connectivity index (χ4v) is 2.37. The van der Waals surface area contributed by atoms with E-state index in [4.69, 9.17) is 10.2 Å². The lowest BCUT2D eigenvalue weighted by atomic mass is 10.1. The molecule has 104 valence electrons. The summed E-state index contributed by atoms with van der Waals surface area (Å²) in [5.74, 6) is 0.181. The summed E-state index contributed by atoms with van der Waals surface area (Å²) in [6.07, 6.45) is 1.04. The standard InChI is InChI=1S/C14H21N3O2/c1-10(5-6-15)8-17(2)9-11-3-4-12-13(7-11)19-14(18)16-12/h3-4,7,10H,5-6,8-9,15H2,1-2H3,(H,16,18). The van der Waals surface area contributed by atoms with Gasteiger partial charge in [0.1, 0.15) is 0 Å². The van der Waals surface area contributed by atoms with Gasteiger partial charge in [0.05, 0.1) is 5.52 Å². The predicted octanol–water partition coefficient (Wildman–Crippen LogP) is 1.54. The van der Waals surface area contributed by atoms with Crippen molar-refractivity contribution in [3.05, 3.63) is 34.3 Å². The summed E-state index contributed by atoms with van der Waals surface area (Å²) in [6, 6.07) is 5.81. The summed E-state index contributed by atoms with van der Waals surface area (Å²) >= 11 is 0. The third kappa shape index (κ3) is 3.68. The highest BCUT2D eigenvalue weighted by Crippen LogP contribution is 2.14. The summed E-state index contributed by atoms with van der Waals surface area (Å²) in [5.41, 5.74) is 8.06. The average molecular weight is 263 g/mol. The van der Waals surface area contributed by atoms with E-state index in [1.807, 2.05) is 18.2 Å². The highest BCUT2D eigenvalue weighted by Gasteiger charge is 2.08. The van der Waals surface area contributed by atoms with Gasteiger partial charge in [-0.3, -0.25) is 4.98 Å². The molecule has 19 heavy (non-hydrogen) atoms. The molecule has 0 spiro atoms. The molecule has 1 aromatic carbocycles. The van der Waals surface area contributed by atoms with Crippen LogP contribution < -0.4 is 11.5 Å². The normalized spacial score (nSPS) is 13.3. The molecule has 0 aliphatic carbocycles. The van der Waals surface area contributed by atoms with E-state index in [1.165, 1.54) is 0 Å². The number of hydrogen-bond acceptors (Lipinski definition) is 4. The van der Waals surface area contributed by atoms with E-state index in [0.29, 0.717) is 11.5 Å². The average Bonchev–Trinajstić information content (AvgIpc) is 2.68. The zero-order chi connectivity index (χ0) is 13.8. The van der Waals surface area contributed by atoms with E-state index in [9.17, 15) is 4.79 Å². The molecule has 3 N–H and O–H groups in total. The maximum absolute atomic E-state index is 11.1. The Kier molecular flexibility index (Phi) is 4.39. The molecule has 5 nitrogen and oxygen atoms in total. The molecule has 1 atom stereocenters. The van der Waals surface area contributed by atoms with Crippen LogP contribution in [0.25, 0.3) is 11.1 Å². The smallest absolute Gasteiger partial charge is 0.408 e. The summed E-state index contributed by atoms with van der Waals surface area (Å²) in [5, 5.41) is 0. The van der Waals surface area contributed by atoms with E-state index in [2.05, 4.69) is 23.9 Å². The molecule has 0 saturated heterocycles. The zero-order valence-electron chi connectivity index (χ0n) is 11.5. The van der Waals surface area contributed by atoms with Crippen LogP contribution in [0.3, 0.4) is 0 Å². The van der Waals surface area contributed by atoms with Gasteiger partial charge in [0.25, 0.3) is 0 Å². The number of rotatable bonds is 6. The number of oxazole rings is 1. The predicted molar refractivity (Wildman–Crippen MR) is 76.0 cm³/mol. The summed E-state index contributed by atoms with van der Waals surface area (Å²) in [7, 11) is 2.09. The van der Waals surface area contributed by atoms with Crippen LogP contribution in [0.4, 0.5) is 0 Å². The highest BCUT2D eigenvalue weighted by atomic mass is 16.4. The van der Waals surface area contributed by atoms with Gasteiger partial charge in [0.15, 0.2) is 5.58 Å². The lowest BCUT2D eigenvalue weighted by molar-refractivity contribution is 0.273. The van der Waals surface area contributed by atoms with Gasteiger partial charge >= 0.3 is 5.76 Å². The summed E-state index contributed by atoms with van der Waals surface area (Å²) in [6.45, 7) is 4.78. The Morgan fingerprint density at radius 3 is 3.00 bits per heavy atom. The Morgan fingerprint density at radius 2 is 2.26 bits per heavy atom. The molecule has 1 unspecified atom stereocenters. The van der Waals surface area contributed by atoms with Crippen molar-refractivity contribution >= 4 is 11.1 Å². The summed E-state index contributed by atoms with van der Waals surface area (Å²) in [4.78, 5) is 16.0. The number of aromatic amines is 1. The van der Waals surface area contributed by atoms with Crippen molar-refractivity contribution in [3.63, 3.8) is 0 Å². The van der Waals surface area contributed by atoms with Crippen molar-refractivity contribution in [1.29, 1.82) is 0 Å². The topological polar surface area (TPSA) is 75.3 Å². The maximum atomic E-state index is 11.1. The van der Waals surface area contributed by atoms with Gasteiger partial charge in [-0.15, -0.1) is 0 Å². The zero-order valence-corrected chi connectivity index (χ0v) is 11.5. The minimum absolute atomic E-state index is 0.405. The van der Waals surface area contributed by atoms with Crippen molar-refractivity contribution in [2.75, 3.05) is 20.1 Å². The number of nitrogens with one attached hydrogen (secondary N) is 1. The van der Waals surface area contributed by atoms with Crippen LogP contribution in [0, 0.1) is 5.92 Å². The van der Waals surface area contributed by atoms with E-state index >= 15 is 0 Å². The molecular weight excluding hydrogens is 242 g/mol. The van der Waals surface area contributed by atoms with Crippen molar-refractivity contribution in [2.45, 2.75) is 19.9 Å². The van der Waals surface area contributed by atoms with Crippen LogP contribution >= 0.6 is 0 Å². The fraction of sp³-hybridized carbons (Fsp3) is 0.500. The van der Waals surface area contributed by atoms with E-state index < -0.39 is 5.76 Å². The number of benzene rings is 1. The molecule has 2 aromatic rings. The van der Waals surface area contributed by atoms with Gasteiger partial charge in [0, 0.05) is 13.1 Å². The molecule has 0 bridgehead atoms. The van der Waals surface area contributed by atoms with Crippen LogP contribution in [0.5, 0.6) is 0 Å². The third-order valence-electron chi connectivity index (χ3n) is 3.22. The molecule has 0 aliphatic heterocycles. The molecule has 1 heterocycles. The largest absolute Gasteiger partial charge is 0.417 e. The summed E-state index contributed by atoms with van der Waals surface area (Å²) < 4.78 is 5.06. The van der Waals surface area contributed by atoms with Gasteiger partial charge in [0.2, 0.25) is 0 Å². The first-order valence-electron chi connectivity index (χ1n) is 6.59. The number of aromatic nitrogens is 1. The second-order valence-electron chi connectivity index (χ2n) is 5.22. The number of hydrogen-bond donors (Lipinski definition) is 2. The Hall–Kier alpha value is -1.59. The lowest BCUT2D eigenvalue weighted by Gasteiger charge is -2.20. The molecule has 0 saturated carbocycles.